The van der Waals surface area contributed by atoms with Gasteiger partial charge in [0.2, 0.25) is 0 Å². The van der Waals surface area contributed by atoms with E-state index in [0.717, 1.165) is 17.7 Å². The van der Waals surface area contributed by atoms with Gasteiger partial charge in [0, 0.05) is 19.0 Å². The number of nitrogens with two attached hydrogens (primary N) is 1. The summed E-state index contributed by atoms with van der Waals surface area (Å²) in [6.07, 6.45) is 2.81. The monoisotopic (exact) mass is 209 g/mol. The predicted molar refractivity (Wildman–Crippen MR) is 60.1 cm³/mol. The topological polar surface area (TPSA) is 60.2 Å². The van der Waals surface area contributed by atoms with Crippen molar-refractivity contribution < 1.29 is 4.74 Å². The summed E-state index contributed by atoms with van der Waals surface area (Å²) in [7, 11) is 1.69. The van der Waals surface area contributed by atoms with Gasteiger partial charge in [-0.15, -0.1) is 0 Å². The molecule has 0 spiro atoms. The highest BCUT2D eigenvalue weighted by Crippen LogP contribution is 2.19. The molecule has 0 aliphatic rings. The van der Waals surface area contributed by atoms with Gasteiger partial charge in [0.15, 0.2) is 0 Å². The number of nitrogens with one attached hydrogen (secondary N) is 1. The van der Waals surface area contributed by atoms with E-state index in [2.05, 4.69) is 17.3 Å². The van der Waals surface area contributed by atoms with Crippen LogP contribution in [0, 0.1) is 6.92 Å². The summed E-state index contributed by atoms with van der Waals surface area (Å²) in [5.74, 6) is 5.54. The second kappa shape index (κ2) is 5.80. The van der Waals surface area contributed by atoms with Crippen molar-refractivity contribution in [2.45, 2.75) is 32.4 Å². The first-order valence-electron chi connectivity index (χ1n) is 5.14. The quantitative estimate of drug-likeness (QED) is 0.567. The Kier molecular flexibility index (Phi) is 4.68. The fourth-order valence-electron chi connectivity index (χ4n) is 1.62. The largest absolute Gasteiger partial charge is 0.379 e. The van der Waals surface area contributed by atoms with Gasteiger partial charge in [-0.3, -0.25) is 16.3 Å². The van der Waals surface area contributed by atoms with Crippen molar-refractivity contribution >= 4 is 0 Å². The number of rotatable bonds is 5. The standard InChI is InChI=1S/C11H19N3O/c1-4-10(15-3)11(14-12)9-6-5-8(2)13-7-9/h5-7,10-11,14H,4,12H2,1-3H3. The van der Waals surface area contributed by atoms with Crippen LogP contribution in [-0.2, 0) is 4.74 Å². The van der Waals surface area contributed by atoms with Gasteiger partial charge in [-0.2, -0.15) is 0 Å². The lowest BCUT2D eigenvalue weighted by Gasteiger charge is -2.24. The van der Waals surface area contributed by atoms with Crippen molar-refractivity contribution in [1.29, 1.82) is 0 Å². The molecule has 4 heteroatoms. The second-order valence-electron chi connectivity index (χ2n) is 3.56. The zero-order valence-electron chi connectivity index (χ0n) is 9.53. The molecule has 2 atom stereocenters. The minimum atomic E-state index is -0.00639. The fourth-order valence-corrected chi connectivity index (χ4v) is 1.62. The van der Waals surface area contributed by atoms with Gasteiger partial charge in [-0.05, 0) is 25.0 Å². The molecule has 0 saturated carbocycles. The fraction of sp³-hybridized carbons (Fsp3) is 0.545. The minimum Gasteiger partial charge on any atom is -0.379 e. The van der Waals surface area contributed by atoms with Gasteiger partial charge in [-0.1, -0.05) is 13.0 Å². The first-order valence-corrected chi connectivity index (χ1v) is 5.14. The lowest BCUT2D eigenvalue weighted by molar-refractivity contribution is 0.0650. The van der Waals surface area contributed by atoms with Crippen LogP contribution < -0.4 is 11.3 Å². The molecule has 0 fully saturated rings. The molecule has 1 rings (SSSR count). The maximum atomic E-state index is 5.54. The third-order valence-electron chi connectivity index (χ3n) is 2.55. The number of methoxy groups -OCH3 is 1. The average Bonchev–Trinajstić information content (AvgIpc) is 2.27. The zero-order chi connectivity index (χ0) is 11.3. The summed E-state index contributed by atoms with van der Waals surface area (Å²) in [5, 5.41) is 0. The first kappa shape index (κ1) is 12.1. The second-order valence-corrected chi connectivity index (χ2v) is 3.56. The Labute approximate surface area is 90.8 Å². The molecule has 0 bridgehead atoms. The van der Waals surface area contributed by atoms with Crippen molar-refractivity contribution in [1.82, 2.24) is 10.4 Å². The maximum Gasteiger partial charge on any atom is 0.0776 e. The molecule has 4 nitrogen and oxygen atoms in total. The van der Waals surface area contributed by atoms with Crippen LogP contribution >= 0.6 is 0 Å². The third kappa shape index (κ3) is 2.99. The number of nitrogens with zero attached hydrogens (tertiary/aromatic N) is 1. The van der Waals surface area contributed by atoms with E-state index in [9.17, 15) is 0 Å². The SMILES string of the molecule is CCC(OC)C(NN)c1ccc(C)nc1. The van der Waals surface area contributed by atoms with E-state index in [-0.39, 0.29) is 12.1 Å². The van der Waals surface area contributed by atoms with Gasteiger partial charge in [-0.25, -0.2) is 0 Å². The van der Waals surface area contributed by atoms with Crippen LogP contribution in [0.1, 0.15) is 30.6 Å². The van der Waals surface area contributed by atoms with E-state index < -0.39 is 0 Å². The summed E-state index contributed by atoms with van der Waals surface area (Å²) in [4.78, 5) is 4.25. The molecule has 1 heterocycles. The lowest BCUT2D eigenvalue weighted by Crippen LogP contribution is -2.37. The minimum absolute atomic E-state index is 0.00639. The molecule has 2 unspecified atom stereocenters. The summed E-state index contributed by atoms with van der Waals surface area (Å²) < 4.78 is 5.37. The van der Waals surface area contributed by atoms with Crippen molar-refractivity contribution in [3.63, 3.8) is 0 Å². The number of hydrogen-bond acceptors (Lipinski definition) is 4. The van der Waals surface area contributed by atoms with Crippen LogP contribution in [-0.4, -0.2) is 18.2 Å². The maximum absolute atomic E-state index is 5.54. The van der Waals surface area contributed by atoms with Crippen LogP contribution in [0.4, 0.5) is 0 Å². The van der Waals surface area contributed by atoms with E-state index in [1.807, 2.05) is 25.3 Å². The number of aryl methyl sites for hydroxylation is 1. The molecule has 84 valence electrons. The molecular weight excluding hydrogens is 190 g/mol. The van der Waals surface area contributed by atoms with Crippen molar-refractivity contribution in [3.05, 3.63) is 29.6 Å². The van der Waals surface area contributed by atoms with Crippen molar-refractivity contribution in [3.8, 4) is 0 Å². The predicted octanol–water partition coefficient (Wildman–Crippen LogP) is 1.32. The summed E-state index contributed by atoms with van der Waals surface area (Å²) >= 11 is 0. The Bertz CT molecular complexity index is 282. The van der Waals surface area contributed by atoms with Gasteiger partial charge in [0.1, 0.15) is 0 Å². The third-order valence-corrected chi connectivity index (χ3v) is 2.55. The Hall–Kier alpha value is -0.970. The van der Waals surface area contributed by atoms with Crippen molar-refractivity contribution in [2.24, 2.45) is 5.84 Å². The van der Waals surface area contributed by atoms with E-state index >= 15 is 0 Å². The molecule has 0 saturated heterocycles. The van der Waals surface area contributed by atoms with Crippen LogP contribution in [0.5, 0.6) is 0 Å². The first-order chi connectivity index (χ1) is 7.22. The molecule has 1 aromatic rings. The van der Waals surface area contributed by atoms with Crippen LogP contribution in [0.2, 0.25) is 0 Å². The highest BCUT2D eigenvalue weighted by atomic mass is 16.5. The molecule has 0 aliphatic heterocycles. The van der Waals surface area contributed by atoms with Crippen molar-refractivity contribution in [2.75, 3.05) is 7.11 Å². The molecule has 0 radical (unpaired) electrons. The number of pyridine rings is 1. The van der Waals surface area contributed by atoms with Gasteiger partial charge < -0.3 is 4.74 Å². The van der Waals surface area contributed by atoms with Gasteiger partial charge in [0.25, 0.3) is 0 Å². The Morgan fingerprint density at radius 2 is 2.27 bits per heavy atom. The highest BCUT2D eigenvalue weighted by molar-refractivity contribution is 5.18. The lowest BCUT2D eigenvalue weighted by atomic mass is 10.0. The Morgan fingerprint density at radius 3 is 2.67 bits per heavy atom. The van der Waals surface area contributed by atoms with E-state index in [4.69, 9.17) is 10.6 Å². The molecule has 1 aromatic heterocycles. The van der Waals surface area contributed by atoms with Crippen LogP contribution in [0.25, 0.3) is 0 Å². The molecule has 0 aromatic carbocycles. The zero-order valence-corrected chi connectivity index (χ0v) is 9.53. The number of hydrogen-bond donors (Lipinski definition) is 2. The average molecular weight is 209 g/mol. The number of aromatic nitrogens is 1. The number of ether oxygens (including phenoxy) is 1. The summed E-state index contributed by atoms with van der Waals surface area (Å²) in [6.45, 7) is 4.03. The van der Waals surface area contributed by atoms with Gasteiger partial charge >= 0.3 is 0 Å². The molecule has 3 N–H and O–H groups in total. The summed E-state index contributed by atoms with van der Waals surface area (Å²) in [6, 6.07) is 3.99. The smallest absolute Gasteiger partial charge is 0.0776 e. The van der Waals surface area contributed by atoms with Crippen LogP contribution in [0.3, 0.4) is 0 Å². The van der Waals surface area contributed by atoms with E-state index in [1.54, 1.807) is 7.11 Å². The van der Waals surface area contributed by atoms with E-state index in [0.29, 0.717) is 0 Å². The molecular formula is C11H19N3O. The molecule has 0 aliphatic carbocycles. The van der Waals surface area contributed by atoms with Gasteiger partial charge in [0.05, 0.1) is 12.1 Å². The number of hydrazine groups is 1. The van der Waals surface area contributed by atoms with Crippen LogP contribution in [0.15, 0.2) is 18.3 Å². The highest BCUT2D eigenvalue weighted by Gasteiger charge is 2.20. The molecule has 0 amide bonds. The molecule has 15 heavy (non-hydrogen) atoms. The normalized spacial score (nSPS) is 14.9. The van der Waals surface area contributed by atoms with E-state index in [1.165, 1.54) is 0 Å². The summed E-state index contributed by atoms with van der Waals surface area (Å²) in [5.41, 5.74) is 4.83. The Balaban J connectivity index is 2.86. The Morgan fingerprint density at radius 1 is 1.53 bits per heavy atom.